The number of nitrogens with one attached hydrogen (secondary N) is 1. The number of halogens is 3. The lowest BCUT2D eigenvalue weighted by Gasteiger charge is -2.02. The van der Waals surface area contributed by atoms with Gasteiger partial charge in [0.05, 0.1) is 6.21 Å². The van der Waals surface area contributed by atoms with Gasteiger partial charge in [-0.05, 0) is 24.1 Å². The standard InChI is InChI=1S/C14H13F3N4O/c1-10-4-2-3-5-11(10)8-18-19-13(22)9-21-7-6-12(20-21)14(15,16)17/h2-8H,9H2,1H3,(H,19,22)/b18-8-. The topological polar surface area (TPSA) is 59.3 Å². The maximum Gasteiger partial charge on any atom is 0.435 e. The van der Waals surface area contributed by atoms with Crippen LogP contribution in [0.4, 0.5) is 13.2 Å². The second kappa shape index (κ2) is 6.42. The highest BCUT2D eigenvalue weighted by Gasteiger charge is 2.33. The number of amides is 1. The van der Waals surface area contributed by atoms with Crippen molar-refractivity contribution < 1.29 is 18.0 Å². The molecule has 22 heavy (non-hydrogen) atoms. The smallest absolute Gasteiger partial charge is 0.271 e. The molecule has 1 aromatic heterocycles. The summed E-state index contributed by atoms with van der Waals surface area (Å²) in [5.41, 5.74) is 3.03. The Morgan fingerprint density at radius 2 is 2.09 bits per heavy atom. The molecule has 0 aliphatic carbocycles. The van der Waals surface area contributed by atoms with Crippen LogP contribution < -0.4 is 5.43 Å². The molecular formula is C14H13F3N4O. The van der Waals surface area contributed by atoms with Crippen molar-refractivity contribution in [2.45, 2.75) is 19.6 Å². The van der Waals surface area contributed by atoms with Gasteiger partial charge in [-0.2, -0.15) is 23.4 Å². The van der Waals surface area contributed by atoms with E-state index in [1.54, 1.807) is 0 Å². The Kier molecular flexibility index (Phi) is 4.59. The first-order chi connectivity index (χ1) is 10.4. The zero-order valence-corrected chi connectivity index (χ0v) is 11.6. The SMILES string of the molecule is Cc1ccccc1/C=N\NC(=O)Cn1ccc(C(F)(F)F)n1. The summed E-state index contributed by atoms with van der Waals surface area (Å²) in [5.74, 6) is -0.568. The van der Waals surface area contributed by atoms with Gasteiger partial charge in [0.1, 0.15) is 6.54 Å². The van der Waals surface area contributed by atoms with Crippen LogP contribution in [0, 0.1) is 6.92 Å². The number of rotatable bonds is 4. The molecule has 1 N–H and O–H groups in total. The average molecular weight is 310 g/mol. The molecule has 0 fully saturated rings. The lowest BCUT2D eigenvalue weighted by Crippen LogP contribution is -2.23. The summed E-state index contributed by atoms with van der Waals surface area (Å²) < 4.78 is 38.0. The van der Waals surface area contributed by atoms with Gasteiger partial charge in [0.25, 0.3) is 5.91 Å². The fraction of sp³-hybridized carbons (Fsp3) is 0.214. The first-order valence-electron chi connectivity index (χ1n) is 6.34. The van der Waals surface area contributed by atoms with E-state index in [1.165, 1.54) is 6.21 Å². The van der Waals surface area contributed by atoms with Crippen molar-refractivity contribution in [1.29, 1.82) is 0 Å². The van der Waals surface area contributed by atoms with Gasteiger partial charge in [0.2, 0.25) is 0 Å². The number of benzene rings is 1. The quantitative estimate of drug-likeness (QED) is 0.696. The Balaban J connectivity index is 1.91. The third-order valence-corrected chi connectivity index (χ3v) is 2.82. The Morgan fingerprint density at radius 1 is 1.36 bits per heavy atom. The maximum absolute atomic E-state index is 12.4. The number of aryl methyl sites for hydroxylation is 1. The zero-order valence-electron chi connectivity index (χ0n) is 11.6. The van der Waals surface area contributed by atoms with Gasteiger partial charge in [0.15, 0.2) is 5.69 Å². The van der Waals surface area contributed by atoms with Gasteiger partial charge in [-0.1, -0.05) is 24.3 Å². The normalized spacial score (nSPS) is 11.8. The summed E-state index contributed by atoms with van der Waals surface area (Å²) in [6.45, 7) is 1.55. The summed E-state index contributed by atoms with van der Waals surface area (Å²) in [6, 6.07) is 8.24. The third-order valence-electron chi connectivity index (χ3n) is 2.82. The molecule has 0 aliphatic heterocycles. The fourth-order valence-corrected chi connectivity index (χ4v) is 1.69. The van der Waals surface area contributed by atoms with E-state index >= 15 is 0 Å². The van der Waals surface area contributed by atoms with Gasteiger partial charge in [0, 0.05) is 6.20 Å². The van der Waals surface area contributed by atoms with Crippen LogP contribution in [0.15, 0.2) is 41.6 Å². The van der Waals surface area contributed by atoms with Crippen LogP contribution in [0.5, 0.6) is 0 Å². The highest BCUT2D eigenvalue weighted by atomic mass is 19.4. The lowest BCUT2D eigenvalue weighted by atomic mass is 10.1. The molecule has 0 saturated carbocycles. The Morgan fingerprint density at radius 3 is 2.73 bits per heavy atom. The number of hydrogen-bond donors (Lipinski definition) is 1. The Labute approximate surface area is 124 Å². The molecule has 0 atom stereocenters. The van der Waals surface area contributed by atoms with Crippen molar-refractivity contribution in [3.63, 3.8) is 0 Å². The monoisotopic (exact) mass is 310 g/mol. The number of aromatic nitrogens is 2. The predicted molar refractivity (Wildman–Crippen MR) is 74.1 cm³/mol. The minimum atomic E-state index is -4.52. The fourth-order valence-electron chi connectivity index (χ4n) is 1.69. The van der Waals surface area contributed by atoms with Crippen molar-refractivity contribution in [2.75, 3.05) is 0 Å². The number of alkyl halides is 3. The van der Waals surface area contributed by atoms with E-state index in [4.69, 9.17) is 0 Å². The molecule has 0 bridgehead atoms. The van der Waals surface area contributed by atoms with E-state index < -0.39 is 17.8 Å². The van der Waals surface area contributed by atoms with Crippen molar-refractivity contribution in [3.05, 3.63) is 53.3 Å². The number of carbonyl (C=O) groups excluding carboxylic acids is 1. The molecule has 5 nitrogen and oxygen atoms in total. The van der Waals surface area contributed by atoms with Gasteiger partial charge in [-0.15, -0.1) is 0 Å². The molecule has 0 aliphatic rings. The summed E-state index contributed by atoms with van der Waals surface area (Å²) in [7, 11) is 0. The van der Waals surface area contributed by atoms with Gasteiger partial charge in [-0.3, -0.25) is 9.48 Å². The first kappa shape index (κ1) is 15.7. The van der Waals surface area contributed by atoms with Crippen molar-refractivity contribution in [2.24, 2.45) is 5.10 Å². The third kappa shape index (κ3) is 4.18. The highest BCUT2D eigenvalue weighted by molar-refractivity contribution is 5.83. The number of carbonyl (C=O) groups is 1. The minimum absolute atomic E-state index is 0.346. The van der Waals surface area contributed by atoms with Gasteiger partial charge < -0.3 is 0 Å². The predicted octanol–water partition coefficient (Wildman–Crippen LogP) is 2.36. The van der Waals surface area contributed by atoms with E-state index in [0.717, 1.165) is 28.1 Å². The highest BCUT2D eigenvalue weighted by Crippen LogP contribution is 2.27. The maximum atomic E-state index is 12.4. The molecule has 1 aromatic carbocycles. The number of hydrogen-bond acceptors (Lipinski definition) is 3. The van der Waals surface area contributed by atoms with E-state index in [2.05, 4.69) is 15.6 Å². The summed E-state index contributed by atoms with van der Waals surface area (Å²) in [5, 5.41) is 7.05. The molecule has 8 heteroatoms. The summed E-state index contributed by atoms with van der Waals surface area (Å²) in [6.07, 6.45) is -1.96. The largest absolute Gasteiger partial charge is 0.435 e. The van der Waals surface area contributed by atoms with Gasteiger partial charge in [-0.25, -0.2) is 5.43 Å². The Bertz CT molecular complexity index is 691. The van der Waals surface area contributed by atoms with Crippen LogP contribution in [-0.4, -0.2) is 21.9 Å². The molecule has 116 valence electrons. The van der Waals surface area contributed by atoms with Crippen LogP contribution in [0.2, 0.25) is 0 Å². The van der Waals surface area contributed by atoms with E-state index in [-0.39, 0.29) is 6.54 Å². The second-order valence-electron chi connectivity index (χ2n) is 4.55. The van der Waals surface area contributed by atoms with Crippen LogP contribution in [0.3, 0.4) is 0 Å². The minimum Gasteiger partial charge on any atom is -0.271 e. The van der Waals surface area contributed by atoms with Crippen molar-refractivity contribution in [1.82, 2.24) is 15.2 Å². The molecule has 2 aromatic rings. The molecule has 1 amide bonds. The molecule has 2 rings (SSSR count). The first-order valence-corrected chi connectivity index (χ1v) is 6.34. The average Bonchev–Trinajstić information content (AvgIpc) is 2.89. The van der Waals surface area contributed by atoms with E-state index in [1.807, 2.05) is 31.2 Å². The van der Waals surface area contributed by atoms with Crippen LogP contribution in [0.1, 0.15) is 16.8 Å². The van der Waals surface area contributed by atoms with Crippen molar-refractivity contribution in [3.8, 4) is 0 Å². The van der Waals surface area contributed by atoms with Crippen LogP contribution in [-0.2, 0) is 17.5 Å². The van der Waals surface area contributed by atoms with E-state index in [0.29, 0.717) is 0 Å². The zero-order chi connectivity index (χ0) is 16.2. The Hall–Kier alpha value is -2.64. The number of nitrogens with zero attached hydrogens (tertiary/aromatic N) is 3. The molecular weight excluding hydrogens is 297 g/mol. The molecule has 0 saturated heterocycles. The van der Waals surface area contributed by atoms with E-state index in [9.17, 15) is 18.0 Å². The van der Waals surface area contributed by atoms with Crippen LogP contribution in [0.25, 0.3) is 0 Å². The lowest BCUT2D eigenvalue weighted by molar-refractivity contribution is -0.141. The molecule has 0 radical (unpaired) electrons. The summed E-state index contributed by atoms with van der Waals surface area (Å²) >= 11 is 0. The number of hydrazone groups is 1. The van der Waals surface area contributed by atoms with Crippen LogP contribution >= 0.6 is 0 Å². The molecule has 0 spiro atoms. The molecule has 1 heterocycles. The van der Waals surface area contributed by atoms with Gasteiger partial charge >= 0.3 is 6.18 Å². The molecule has 0 unspecified atom stereocenters. The second-order valence-corrected chi connectivity index (χ2v) is 4.55. The summed E-state index contributed by atoms with van der Waals surface area (Å²) in [4.78, 5) is 11.6. The van der Waals surface area contributed by atoms with Crippen molar-refractivity contribution >= 4 is 12.1 Å².